The molecule has 0 aromatic heterocycles. The number of hydrogen-bond acceptors (Lipinski definition) is 6. The average Bonchev–Trinajstić information content (AvgIpc) is 2.42. The maximum absolute atomic E-state index is 11.8. The maximum atomic E-state index is 11.8. The Bertz CT molecular complexity index is 509. The minimum atomic E-state index is -3.22. The van der Waals surface area contributed by atoms with Crippen molar-refractivity contribution in [2.24, 2.45) is 0 Å². The fourth-order valence-electron chi connectivity index (χ4n) is 1.48. The highest BCUT2D eigenvalue weighted by atomic mass is 32.2. The first kappa shape index (κ1) is 18.6. The van der Waals surface area contributed by atoms with Gasteiger partial charge in [-0.3, -0.25) is 0 Å². The number of rotatable bonds is 11. The lowest BCUT2D eigenvalue weighted by Crippen LogP contribution is -2.29. The normalized spacial score (nSPS) is 11.7. The number of hydrogen-bond donors (Lipinski definition) is 3. The Morgan fingerprint density at radius 3 is 2.76 bits per heavy atom. The van der Waals surface area contributed by atoms with Crippen LogP contribution in [0.4, 0.5) is 5.69 Å². The van der Waals surface area contributed by atoms with Gasteiger partial charge in [0, 0.05) is 35.2 Å². The highest BCUT2D eigenvalue weighted by Gasteiger charge is 2.09. The van der Waals surface area contributed by atoms with E-state index in [1.807, 2.05) is 18.2 Å². The monoisotopic (exact) mass is 350 g/mol. The molecule has 0 bridgehead atoms. The Balaban J connectivity index is 2.17. The zero-order chi connectivity index (χ0) is 15.6. The van der Waals surface area contributed by atoms with Crippen molar-refractivity contribution in [2.75, 3.05) is 41.9 Å². The molecule has 0 atom stereocenters. The number of thioether (sulfide) groups is 2. The first-order valence-corrected chi connectivity index (χ1v) is 10.5. The molecule has 5 nitrogen and oxygen atoms in total. The average molecular weight is 351 g/mol. The third-order valence-corrected chi connectivity index (χ3v) is 6.20. The van der Waals surface area contributed by atoms with Crippen molar-refractivity contribution in [1.29, 1.82) is 0 Å². The largest absolute Gasteiger partial charge is 0.399 e. The van der Waals surface area contributed by atoms with Crippen LogP contribution in [-0.4, -0.2) is 49.7 Å². The number of sulfonamides is 1. The molecular formula is C13H22N2O3S3. The molecule has 0 radical (unpaired) electrons. The van der Waals surface area contributed by atoms with Crippen LogP contribution < -0.4 is 10.5 Å². The molecule has 21 heavy (non-hydrogen) atoms. The van der Waals surface area contributed by atoms with E-state index in [0.717, 1.165) is 22.8 Å². The molecule has 1 aromatic carbocycles. The summed E-state index contributed by atoms with van der Waals surface area (Å²) < 4.78 is 26.1. The van der Waals surface area contributed by atoms with Gasteiger partial charge >= 0.3 is 0 Å². The SMILES string of the molecule is Nc1cccc(SCCS(=O)(=O)NCCSCCCO)c1. The zero-order valence-corrected chi connectivity index (χ0v) is 14.3. The predicted molar refractivity (Wildman–Crippen MR) is 92.4 cm³/mol. The minimum Gasteiger partial charge on any atom is -0.399 e. The molecule has 0 aliphatic rings. The highest BCUT2D eigenvalue weighted by molar-refractivity contribution is 8.00. The van der Waals surface area contributed by atoms with Crippen LogP contribution in [0.2, 0.25) is 0 Å². The van der Waals surface area contributed by atoms with Gasteiger partial charge in [0.2, 0.25) is 10.0 Å². The lowest BCUT2D eigenvalue weighted by molar-refractivity contribution is 0.296. The van der Waals surface area contributed by atoms with E-state index >= 15 is 0 Å². The highest BCUT2D eigenvalue weighted by Crippen LogP contribution is 2.20. The fraction of sp³-hybridized carbons (Fsp3) is 0.538. The summed E-state index contributed by atoms with van der Waals surface area (Å²) in [6.45, 7) is 0.612. The van der Waals surface area contributed by atoms with Gasteiger partial charge in [0.15, 0.2) is 0 Å². The number of aliphatic hydroxyl groups excluding tert-OH is 1. The van der Waals surface area contributed by atoms with Gasteiger partial charge in [-0.1, -0.05) is 6.07 Å². The van der Waals surface area contributed by atoms with Crippen molar-refractivity contribution in [2.45, 2.75) is 11.3 Å². The lowest BCUT2D eigenvalue weighted by atomic mass is 10.3. The third kappa shape index (κ3) is 9.26. The second kappa shape index (κ2) is 10.3. The predicted octanol–water partition coefficient (Wildman–Crippen LogP) is 1.40. The zero-order valence-electron chi connectivity index (χ0n) is 11.8. The van der Waals surface area contributed by atoms with Crippen molar-refractivity contribution < 1.29 is 13.5 Å². The number of nitrogen functional groups attached to an aromatic ring is 1. The van der Waals surface area contributed by atoms with E-state index in [1.54, 1.807) is 17.8 Å². The molecule has 1 aromatic rings. The molecule has 0 heterocycles. The van der Waals surface area contributed by atoms with E-state index in [9.17, 15) is 8.42 Å². The molecule has 0 fully saturated rings. The molecule has 0 saturated heterocycles. The summed E-state index contributed by atoms with van der Waals surface area (Å²) in [6, 6.07) is 7.41. The van der Waals surface area contributed by atoms with Crippen molar-refractivity contribution in [3.05, 3.63) is 24.3 Å². The number of nitrogens with two attached hydrogens (primary N) is 1. The molecule has 0 aliphatic heterocycles. The van der Waals surface area contributed by atoms with E-state index in [4.69, 9.17) is 10.8 Å². The van der Waals surface area contributed by atoms with Crippen LogP contribution in [0.3, 0.4) is 0 Å². The van der Waals surface area contributed by atoms with Gasteiger partial charge in [-0.05, 0) is 30.4 Å². The molecule has 4 N–H and O–H groups in total. The first-order valence-electron chi connectivity index (χ1n) is 6.68. The van der Waals surface area contributed by atoms with Crippen LogP contribution in [0.1, 0.15) is 6.42 Å². The van der Waals surface area contributed by atoms with Gasteiger partial charge in [-0.15, -0.1) is 11.8 Å². The summed E-state index contributed by atoms with van der Waals surface area (Å²) >= 11 is 3.11. The summed E-state index contributed by atoms with van der Waals surface area (Å²) in [7, 11) is -3.22. The van der Waals surface area contributed by atoms with Gasteiger partial charge < -0.3 is 10.8 Å². The summed E-state index contributed by atoms with van der Waals surface area (Å²) in [6.07, 6.45) is 0.744. The summed E-state index contributed by atoms with van der Waals surface area (Å²) in [5.74, 6) is 2.16. The van der Waals surface area contributed by atoms with Crippen LogP contribution in [0.5, 0.6) is 0 Å². The molecule has 0 aliphatic carbocycles. The molecule has 0 amide bonds. The Kier molecular flexibility index (Phi) is 9.18. The van der Waals surface area contributed by atoms with Crippen LogP contribution in [-0.2, 0) is 10.0 Å². The molecule has 8 heteroatoms. The molecular weight excluding hydrogens is 328 g/mol. The smallest absolute Gasteiger partial charge is 0.212 e. The molecule has 120 valence electrons. The Morgan fingerprint density at radius 1 is 1.24 bits per heavy atom. The second-order valence-corrected chi connectivity index (χ2v) is 8.64. The topological polar surface area (TPSA) is 92.4 Å². The van der Waals surface area contributed by atoms with E-state index in [-0.39, 0.29) is 12.4 Å². The van der Waals surface area contributed by atoms with Gasteiger partial charge in [-0.2, -0.15) is 11.8 Å². The number of aliphatic hydroxyl groups is 1. The van der Waals surface area contributed by atoms with E-state index < -0.39 is 10.0 Å². The quantitative estimate of drug-likeness (QED) is 0.317. The van der Waals surface area contributed by atoms with Gasteiger partial charge in [0.05, 0.1) is 5.75 Å². The standard InChI is InChI=1S/C13H22N2O3S3/c14-12-3-1-4-13(11-12)20-9-10-21(17,18)15-5-8-19-7-2-6-16/h1,3-4,11,15-16H,2,5-10,14H2. The third-order valence-electron chi connectivity index (χ3n) is 2.49. The van der Waals surface area contributed by atoms with Crippen LogP contribution in [0.15, 0.2) is 29.2 Å². The fourth-order valence-corrected chi connectivity index (χ4v) is 4.80. The summed E-state index contributed by atoms with van der Waals surface area (Å²) in [5.41, 5.74) is 6.35. The van der Waals surface area contributed by atoms with Crippen molar-refractivity contribution in [1.82, 2.24) is 4.72 Å². The molecule has 1 rings (SSSR count). The summed E-state index contributed by atoms with van der Waals surface area (Å²) in [4.78, 5) is 0.977. The first-order chi connectivity index (χ1) is 10.0. The maximum Gasteiger partial charge on any atom is 0.212 e. The second-order valence-electron chi connectivity index (χ2n) is 4.32. The van der Waals surface area contributed by atoms with Crippen LogP contribution in [0, 0.1) is 0 Å². The molecule has 0 unspecified atom stereocenters. The lowest BCUT2D eigenvalue weighted by Gasteiger charge is -2.07. The van der Waals surface area contributed by atoms with Crippen LogP contribution in [0.25, 0.3) is 0 Å². The molecule has 0 saturated carbocycles. The van der Waals surface area contributed by atoms with E-state index in [1.165, 1.54) is 11.8 Å². The van der Waals surface area contributed by atoms with Crippen molar-refractivity contribution in [3.8, 4) is 0 Å². The van der Waals surface area contributed by atoms with Gasteiger partial charge in [-0.25, -0.2) is 13.1 Å². The van der Waals surface area contributed by atoms with Gasteiger partial charge in [0.1, 0.15) is 0 Å². The summed E-state index contributed by atoms with van der Waals surface area (Å²) in [5, 5.41) is 8.63. The number of anilines is 1. The molecule has 0 spiro atoms. The Hall–Kier alpha value is -0.410. The Labute approximate surface area is 135 Å². The Morgan fingerprint density at radius 2 is 2.05 bits per heavy atom. The van der Waals surface area contributed by atoms with Gasteiger partial charge in [0.25, 0.3) is 0 Å². The minimum absolute atomic E-state index is 0.0910. The number of benzene rings is 1. The van der Waals surface area contributed by atoms with Crippen molar-refractivity contribution >= 4 is 39.2 Å². The van der Waals surface area contributed by atoms with Crippen molar-refractivity contribution in [3.63, 3.8) is 0 Å². The van der Waals surface area contributed by atoms with Crippen LogP contribution >= 0.6 is 23.5 Å². The number of nitrogens with one attached hydrogen (secondary N) is 1. The van der Waals surface area contributed by atoms with E-state index in [0.29, 0.717) is 18.0 Å². The van der Waals surface area contributed by atoms with E-state index in [2.05, 4.69) is 4.72 Å².